The summed E-state index contributed by atoms with van der Waals surface area (Å²) in [5.41, 5.74) is 5.02. The fourth-order valence-corrected chi connectivity index (χ4v) is 4.06. The first-order valence-electron chi connectivity index (χ1n) is 6.47. The van der Waals surface area contributed by atoms with E-state index in [2.05, 4.69) is 5.32 Å². The Morgan fingerprint density at radius 1 is 1.47 bits per heavy atom. The Balaban J connectivity index is 2.05. The summed E-state index contributed by atoms with van der Waals surface area (Å²) in [5, 5.41) is 4.29. The molecule has 2 rings (SSSR count). The van der Waals surface area contributed by atoms with Crippen molar-refractivity contribution in [1.82, 2.24) is 5.32 Å². The van der Waals surface area contributed by atoms with Crippen LogP contribution in [0.5, 0.6) is 0 Å². The maximum Gasteiger partial charge on any atom is 0.237 e. The fraction of sp³-hybridized carbons (Fsp3) is 0.500. The van der Waals surface area contributed by atoms with E-state index in [4.69, 9.17) is 17.3 Å². The summed E-state index contributed by atoms with van der Waals surface area (Å²) in [7, 11) is 1.82. The van der Waals surface area contributed by atoms with E-state index < -0.39 is 5.54 Å². The number of likely N-dealkylation sites (N-methyl/N-ethyl adjacent to an activating group) is 1. The number of hydrogen-bond acceptors (Lipinski definition) is 3. The zero-order valence-corrected chi connectivity index (χ0v) is 12.6. The monoisotopic (exact) mass is 298 g/mol. The highest BCUT2D eigenvalue weighted by Crippen LogP contribution is 2.38. The predicted octanol–water partition coefficient (Wildman–Crippen LogP) is 2.82. The molecule has 5 heteroatoms. The minimum absolute atomic E-state index is 0.239. The van der Waals surface area contributed by atoms with Gasteiger partial charge in [0.05, 0.1) is 5.54 Å². The Hall–Kier alpha value is -0.710. The molecule has 3 N–H and O–H groups in total. The molecule has 0 heterocycles. The highest BCUT2D eigenvalue weighted by Gasteiger charge is 2.40. The van der Waals surface area contributed by atoms with E-state index in [1.54, 1.807) is 11.8 Å². The van der Waals surface area contributed by atoms with Gasteiger partial charge in [0.15, 0.2) is 0 Å². The van der Waals surface area contributed by atoms with Crippen LogP contribution in [0.2, 0.25) is 5.02 Å². The normalized spacial score (nSPS) is 27.2. The Kier molecular flexibility index (Phi) is 4.76. The summed E-state index contributed by atoms with van der Waals surface area (Å²) in [6, 6.07) is 7.83. The molecular weight excluding hydrogens is 280 g/mol. The molecular formula is C14H19ClN2OS. The van der Waals surface area contributed by atoms with Gasteiger partial charge in [0.2, 0.25) is 5.91 Å². The molecule has 1 amide bonds. The van der Waals surface area contributed by atoms with Crippen LogP contribution in [0, 0.1) is 0 Å². The van der Waals surface area contributed by atoms with Crippen molar-refractivity contribution in [1.29, 1.82) is 0 Å². The summed E-state index contributed by atoms with van der Waals surface area (Å²) in [4.78, 5) is 12.9. The number of carbonyl (C=O) groups is 1. The number of rotatable bonds is 4. The second-order valence-corrected chi connectivity index (χ2v) is 6.80. The lowest BCUT2D eigenvalue weighted by atomic mass is 9.81. The van der Waals surface area contributed by atoms with Crippen molar-refractivity contribution in [2.24, 2.45) is 5.73 Å². The molecule has 2 unspecified atom stereocenters. The third kappa shape index (κ3) is 3.44. The Bertz CT molecular complexity index is 451. The van der Waals surface area contributed by atoms with Crippen molar-refractivity contribution in [3.63, 3.8) is 0 Å². The average Bonchev–Trinajstić information content (AvgIpc) is 2.41. The summed E-state index contributed by atoms with van der Waals surface area (Å²) in [5.74, 6) is -0.239. The van der Waals surface area contributed by atoms with Crippen LogP contribution in [0.4, 0.5) is 0 Å². The molecule has 104 valence electrons. The van der Waals surface area contributed by atoms with Gasteiger partial charge in [-0.25, -0.2) is 0 Å². The maximum absolute atomic E-state index is 11.7. The van der Waals surface area contributed by atoms with Crippen molar-refractivity contribution in [2.45, 2.75) is 41.4 Å². The lowest BCUT2D eigenvalue weighted by Gasteiger charge is -2.38. The van der Waals surface area contributed by atoms with E-state index >= 15 is 0 Å². The van der Waals surface area contributed by atoms with Gasteiger partial charge in [-0.2, -0.15) is 0 Å². The van der Waals surface area contributed by atoms with Gasteiger partial charge in [-0.15, -0.1) is 11.8 Å². The summed E-state index contributed by atoms with van der Waals surface area (Å²) in [6.45, 7) is 0. The summed E-state index contributed by atoms with van der Waals surface area (Å²) in [6.07, 6.45) is 3.75. The standard InChI is InChI=1S/C14H19ClN2OS/c1-17-14(13(16)18)8-2-3-12(9-14)19-11-6-4-10(15)5-7-11/h4-7,12,17H,2-3,8-9H2,1H3,(H2,16,18). The smallest absolute Gasteiger partial charge is 0.237 e. The third-order valence-electron chi connectivity index (χ3n) is 3.77. The third-order valence-corrected chi connectivity index (χ3v) is 5.30. The quantitative estimate of drug-likeness (QED) is 0.899. The first-order valence-corrected chi connectivity index (χ1v) is 7.72. The molecule has 0 aliphatic heterocycles. The number of halogens is 1. The Morgan fingerprint density at radius 3 is 2.74 bits per heavy atom. The van der Waals surface area contributed by atoms with E-state index in [1.165, 1.54) is 4.90 Å². The molecule has 1 saturated carbocycles. The van der Waals surface area contributed by atoms with E-state index in [0.717, 1.165) is 30.7 Å². The minimum Gasteiger partial charge on any atom is -0.368 e. The van der Waals surface area contributed by atoms with Crippen LogP contribution in [0.25, 0.3) is 0 Å². The number of carbonyl (C=O) groups excluding carboxylic acids is 1. The molecule has 0 saturated heterocycles. The Labute approximate surface area is 123 Å². The van der Waals surface area contributed by atoms with Crippen LogP contribution in [-0.4, -0.2) is 23.7 Å². The molecule has 19 heavy (non-hydrogen) atoms. The number of benzene rings is 1. The zero-order valence-electron chi connectivity index (χ0n) is 11.0. The molecule has 0 aromatic heterocycles. The predicted molar refractivity (Wildman–Crippen MR) is 80.6 cm³/mol. The molecule has 1 aromatic carbocycles. The number of thioether (sulfide) groups is 1. The molecule has 1 aromatic rings. The number of primary amides is 1. The van der Waals surface area contributed by atoms with Gasteiger partial charge in [0.25, 0.3) is 0 Å². The first kappa shape index (κ1) is 14.7. The van der Waals surface area contributed by atoms with Gasteiger partial charge >= 0.3 is 0 Å². The minimum atomic E-state index is -0.539. The number of nitrogens with one attached hydrogen (secondary N) is 1. The summed E-state index contributed by atoms with van der Waals surface area (Å²) < 4.78 is 0. The van der Waals surface area contributed by atoms with Gasteiger partial charge < -0.3 is 11.1 Å². The molecule has 0 bridgehead atoms. The van der Waals surface area contributed by atoms with Gasteiger partial charge in [-0.3, -0.25) is 4.79 Å². The number of nitrogens with two attached hydrogens (primary N) is 1. The van der Waals surface area contributed by atoms with Crippen molar-refractivity contribution in [3.05, 3.63) is 29.3 Å². The lowest BCUT2D eigenvalue weighted by Crippen LogP contribution is -2.57. The average molecular weight is 299 g/mol. The highest BCUT2D eigenvalue weighted by atomic mass is 35.5. The molecule has 0 radical (unpaired) electrons. The zero-order chi connectivity index (χ0) is 13.9. The van der Waals surface area contributed by atoms with E-state index in [9.17, 15) is 4.79 Å². The number of hydrogen-bond donors (Lipinski definition) is 2. The van der Waals surface area contributed by atoms with E-state index in [1.807, 2.05) is 31.3 Å². The molecule has 1 aliphatic carbocycles. The van der Waals surface area contributed by atoms with Crippen LogP contribution in [0.15, 0.2) is 29.2 Å². The molecule has 1 fully saturated rings. The second-order valence-electron chi connectivity index (χ2n) is 4.99. The fourth-order valence-electron chi connectivity index (χ4n) is 2.60. The SMILES string of the molecule is CNC1(C(N)=O)CCCC(Sc2ccc(Cl)cc2)C1. The van der Waals surface area contributed by atoms with Crippen LogP contribution in [0.1, 0.15) is 25.7 Å². The number of amides is 1. The van der Waals surface area contributed by atoms with Gasteiger partial charge in [-0.1, -0.05) is 11.6 Å². The van der Waals surface area contributed by atoms with Gasteiger partial charge in [0, 0.05) is 15.2 Å². The van der Waals surface area contributed by atoms with Crippen molar-refractivity contribution in [2.75, 3.05) is 7.05 Å². The van der Waals surface area contributed by atoms with Crippen molar-refractivity contribution >= 4 is 29.3 Å². The molecule has 1 aliphatic rings. The molecule has 3 nitrogen and oxygen atoms in total. The highest BCUT2D eigenvalue weighted by molar-refractivity contribution is 8.00. The van der Waals surface area contributed by atoms with Crippen LogP contribution >= 0.6 is 23.4 Å². The largest absolute Gasteiger partial charge is 0.368 e. The van der Waals surface area contributed by atoms with Crippen molar-refractivity contribution < 1.29 is 4.79 Å². The topological polar surface area (TPSA) is 55.1 Å². The maximum atomic E-state index is 11.7. The van der Waals surface area contributed by atoms with Crippen molar-refractivity contribution in [3.8, 4) is 0 Å². The van der Waals surface area contributed by atoms with Gasteiger partial charge in [0.1, 0.15) is 0 Å². The molecule has 0 spiro atoms. The van der Waals surface area contributed by atoms with E-state index in [0.29, 0.717) is 5.25 Å². The molecule has 2 atom stereocenters. The summed E-state index contributed by atoms with van der Waals surface area (Å²) >= 11 is 7.69. The van der Waals surface area contributed by atoms with Gasteiger partial charge in [-0.05, 0) is 57.0 Å². The van der Waals surface area contributed by atoms with Crippen LogP contribution in [0.3, 0.4) is 0 Å². The Morgan fingerprint density at radius 2 is 2.16 bits per heavy atom. The van der Waals surface area contributed by atoms with Crippen LogP contribution in [-0.2, 0) is 4.79 Å². The van der Waals surface area contributed by atoms with E-state index in [-0.39, 0.29) is 5.91 Å². The second kappa shape index (κ2) is 6.16. The van der Waals surface area contributed by atoms with Crippen LogP contribution < -0.4 is 11.1 Å². The first-order chi connectivity index (χ1) is 9.05. The lowest BCUT2D eigenvalue weighted by molar-refractivity contribution is -0.125.